The van der Waals surface area contributed by atoms with Gasteiger partial charge in [0.05, 0.1) is 25.5 Å². The Balaban J connectivity index is 0.00000256. The number of benzene rings is 1. The molecule has 4 aromatic rings. The molecule has 0 saturated heterocycles. The van der Waals surface area contributed by atoms with E-state index in [1.165, 1.54) is 13.2 Å². The van der Waals surface area contributed by atoms with Gasteiger partial charge in [0.1, 0.15) is 0 Å². The molecule has 0 atom stereocenters. The van der Waals surface area contributed by atoms with Gasteiger partial charge >= 0.3 is 11.6 Å². The molecule has 30 heavy (non-hydrogen) atoms. The average molecular weight is 539 g/mol. The number of ether oxygens (including phenoxy) is 2. The Hall–Kier alpha value is -2.65. The van der Waals surface area contributed by atoms with Crippen LogP contribution in [0.25, 0.3) is 21.9 Å². The SMILES string of the molecule is COC(=O)c1cc[n+](CCCOc2c3occc3c(Br)c3ccc(=O)oc23)cc1.[Br-]. The summed E-state index contributed by atoms with van der Waals surface area (Å²) < 4.78 is 24.4. The molecule has 0 N–H and O–H groups in total. The molecule has 0 unspecified atom stereocenters. The van der Waals surface area contributed by atoms with Crippen LogP contribution < -0.4 is 31.9 Å². The standard InChI is InChI=1S/C21H17BrNO6.BrH/c1-26-21(25)13-5-9-23(10-6-13)8-2-11-27-20-18-15(7-12-28-18)17(22)14-3-4-16(24)29-19(14)20;/h3-7,9-10,12H,2,8,11H2,1H3;1H/q+1;/p-1. The van der Waals surface area contributed by atoms with Gasteiger partial charge in [-0.3, -0.25) is 0 Å². The molecule has 1 aromatic carbocycles. The van der Waals surface area contributed by atoms with E-state index in [-0.39, 0.29) is 23.0 Å². The molecule has 3 aromatic heterocycles. The zero-order valence-electron chi connectivity index (χ0n) is 15.9. The number of carbonyl (C=O) groups is 1. The molecule has 0 spiro atoms. The number of pyridine rings is 1. The maximum Gasteiger partial charge on any atom is 0.338 e. The summed E-state index contributed by atoms with van der Waals surface area (Å²) in [6.45, 7) is 1.07. The summed E-state index contributed by atoms with van der Waals surface area (Å²) in [6.07, 6.45) is 5.88. The molecule has 0 fully saturated rings. The quantitative estimate of drug-likeness (QED) is 0.157. The summed E-state index contributed by atoms with van der Waals surface area (Å²) in [5.74, 6) is 0.0403. The van der Waals surface area contributed by atoms with E-state index in [0.717, 1.165) is 15.2 Å². The van der Waals surface area contributed by atoms with Crippen molar-refractivity contribution >= 4 is 43.8 Å². The first kappa shape index (κ1) is 22.0. The van der Waals surface area contributed by atoms with E-state index in [1.807, 2.05) is 23.0 Å². The van der Waals surface area contributed by atoms with Crippen LogP contribution in [0.15, 0.2) is 67.1 Å². The number of aromatic nitrogens is 1. The zero-order valence-corrected chi connectivity index (χ0v) is 19.1. The first-order valence-corrected chi connectivity index (χ1v) is 9.70. The topological polar surface area (TPSA) is 82.8 Å². The van der Waals surface area contributed by atoms with Gasteiger partial charge in [0.2, 0.25) is 5.75 Å². The lowest BCUT2D eigenvalue weighted by atomic mass is 10.1. The van der Waals surface area contributed by atoms with Gasteiger partial charge in [-0.1, -0.05) is 0 Å². The molecule has 0 saturated carbocycles. The number of furan rings is 1. The predicted octanol–water partition coefficient (Wildman–Crippen LogP) is 0.849. The van der Waals surface area contributed by atoms with Crippen LogP contribution >= 0.6 is 15.9 Å². The van der Waals surface area contributed by atoms with Crippen molar-refractivity contribution in [1.29, 1.82) is 0 Å². The van der Waals surface area contributed by atoms with Crippen LogP contribution in [0.2, 0.25) is 0 Å². The first-order valence-electron chi connectivity index (χ1n) is 8.91. The van der Waals surface area contributed by atoms with Gasteiger partial charge in [-0.2, -0.15) is 0 Å². The van der Waals surface area contributed by atoms with Gasteiger partial charge < -0.3 is 35.3 Å². The molecule has 7 nitrogen and oxygen atoms in total. The van der Waals surface area contributed by atoms with Crippen molar-refractivity contribution in [2.45, 2.75) is 13.0 Å². The second-order valence-corrected chi connectivity index (χ2v) is 7.11. The van der Waals surface area contributed by atoms with E-state index in [2.05, 4.69) is 15.9 Å². The maximum atomic E-state index is 11.7. The Kier molecular flexibility index (Phi) is 6.94. The maximum absolute atomic E-state index is 11.7. The Bertz CT molecular complexity index is 1250. The van der Waals surface area contributed by atoms with Gasteiger partial charge in [0.15, 0.2) is 30.1 Å². The van der Waals surface area contributed by atoms with Crippen LogP contribution in [-0.2, 0) is 11.3 Å². The van der Waals surface area contributed by atoms with Crippen LogP contribution in [-0.4, -0.2) is 19.7 Å². The summed E-state index contributed by atoms with van der Waals surface area (Å²) >= 11 is 3.54. The van der Waals surface area contributed by atoms with Crippen molar-refractivity contribution in [2.75, 3.05) is 13.7 Å². The highest BCUT2D eigenvalue weighted by atomic mass is 79.9. The van der Waals surface area contributed by atoms with Crippen LogP contribution in [0, 0.1) is 0 Å². The molecular formula is C21H17Br2NO6. The molecule has 0 aliphatic rings. The van der Waals surface area contributed by atoms with E-state index in [4.69, 9.17) is 18.3 Å². The third kappa shape index (κ3) is 4.27. The van der Waals surface area contributed by atoms with E-state index in [9.17, 15) is 9.59 Å². The number of nitrogens with zero attached hydrogens (tertiary/aromatic N) is 1. The number of rotatable bonds is 6. The van der Waals surface area contributed by atoms with Crippen LogP contribution in [0.4, 0.5) is 0 Å². The van der Waals surface area contributed by atoms with Crippen molar-refractivity contribution < 1.29 is 44.7 Å². The monoisotopic (exact) mass is 537 g/mol. The van der Waals surface area contributed by atoms with Crippen molar-refractivity contribution in [3.05, 3.63) is 69.4 Å². The summed E-state index contributed by atoms with van der Waals surface area (Å²) in [7, 11) is 1.35. The minimum Gasteiger partial charge on any atom is -1.00 e. The van der Waals surface area contributed by atoms with Gasteiger partial charge in [-0.15, -0.1) is 0 Å². The average Bonchev–Trinajstić information content (AvgIpc) is 3.23. The first-order chi connectivity index (χ1) is 14.1. The largest absolute Gasteiger partial charge is 1.00 e. The third-order valence-electron chi connectivity index (χ3n) is 4.50. The summed E-state index contributed by atoms with van der Waals surface area (Å²) in [4.78, 5) is 23.2. The van der Waals surface area contributed by atoms with Crippen LogP contribution in [0.3, 0.4) is 0 Å². The van der Waals surface area contributed by atoms with Gasteiger partial charge in [0, 0.05) is 39.9 Å². The van der Waals surface area contributed by atoms with Gasteiger partial charge in [-0.05, 0) is 28.1 Å². The smallest absolute Gasteiger partial charge is 0.338 e. The number of halogens is 2. The minimum atomic E-state index is -0.457. The Morgan fingerprint density at radius 2 is 1.83 bits per heavy atom. The van der Waals surface area contributed by atoms with Crippen molar-refractivity contribution in [3.63, 3.8) is 0 Å². The number of aryl methyl sites for hydroxylation is 1. The lowest BCUT2D eigenvalue weighted by molar-refractivity contribution is -0.697. The van der Waals surface area contributed by atoms with Crippen molar-refractivity contribution in [3.8, 4) is 5.75 Å². The molecule has 156 valence electrons. The highest BCUT2D eigenvalue weighted by Gasteiger charge is 2.19. The summed E-state index contributed by atoms with van der Waals surface area (Å²) in [5, 5.41) is 1.58. The number of hydrogen-bond acceptors (Lipinski definition) is 6. The minimum absolute atomic E-state index is 0. The van der Waals surface area contributed by atoms with E-state index in [1.54, 1.807) is 24.5 Å². The molecule has 3 heterocycles. The van der Waals surface area contributed by atoms with Crippen LogP contribution in [0.5, 0.6) is 5.75 Å². The second-order valence-electron chi connectivity index (χ2n) is 6.32. The lowest BCUT2D eigenvalue weighted by Crippen LogP contribution is -3.00. The van der Waals surface area contributed by atoms with Gasteiger partial charge in [-0.25, -0.2) is 14.2 Å². The molecule has 4 rings (SSSR count). The number of fused-ring (bicyclic) bond motifs is 2. The van der Waals surface area contributed by atoms with Crippen LogP contribution in [0.1, 0.15) is 16.8 Å². The molecule has 0 bridgehead atoms. The second kappa shape index (κ2) is 9.44. The fraction of sp³-hybridized carbons (Fsp3) is 0.190. The molecule has 9 heteroatoms. The summed E-state index contributed by atoms with van der Waals surface area (Å²) in [6, 6.07) is 8.31. The normalized spacial score (nSPS) is 10.7. The Labute approximate surface area is 190 Å². The fourth-order valence-electron chi connectivity index (χ4n) is 3.08. The predicted molar refractivity (Wildman–Crippen MR) is 108 cm³/mol. The van der Waals surface area contributed by atoms with Gasteiger partial charge in [0.25, 0.3) is 0 Å². The molecule has 0 aliphatic carbocycles. The molecule has 0 amide bonds. The number of hydrogen-bond donors (Lipinski definition) is 0. The highest BCUT2D eigenvalue weighted by Crippen LogP contribution is 2.41. The third-order valence-corrected chi connectivity index (χ3v) is 5.36. The summed E-state index contributed by atoms with van der Waals surface area (Å²) in [5.41, 5.74) is 0.911. The van der Waals surface area contributed by atoms with E-state index >= 15 is 0 Å². The van der Waals surface area contributed by atoms with Crippen molar-refractivity contribution in [1.82, 2.24) is 0 Å². The zero-order chi connectivity index (χ0) is 20.4. The Morgan fingerprint density at radius 3 is 2.57 bits per heavy atom. The van der Waals surface area contributed by atoms with E-state index in [0.29, 0.717) is 42.1 Å². The van der Waals surface area contributed by atoms with Crippen molar-refractivity contribution in [2.24, 2.45) is 0 Å². The number of methoxy groups -OCH3 is 1. The highest BCUT2D eigenvalue weighted by molar-refractivity contribution is 9.10. The fourth-order valence-corrected chi connectivity index (χ4v) is 3.70. The molecular weight excluding hydrogens is 522 g/mol. The Morgan fingerprint density at radius 1 is 1.10 bits per heavy atom. The molecule has 0 aliphatic heterocycles. The number of esters is 1. The number of carbonyl (C=O) groups excluding carboxylic acids is 1. The lowest BCUT2D eigenvalue weighted by Gasteiger charge is -2.10. The van der Waals surface area contributed by atoms with E-state index < -0.39 is 5.63 Å². The molecule has 0 radical (unpaired) electrons.